The third-order valence-corrected chi connectivity index (χ3v) is 6.16. The van der Waals surface area contributed by atoms with E-state index in [1.165, 1.54) is 14.0 Å². The molecule has 37 heavy (non-hydrogen) atoms. The smallest absolute Gasteiger partial charge is 0.407 e. The molecule has 1 saturated heterocycles. The monoisotopic (exact) mass is 511 g/mol. The minimum Gasteiger partial charge on any atom is -0.497 e. The Morgan fingerprint density at radius 2 is 1.43 bits per heavy atom. The first kappa shape index (κ1) is 27.7. The van der Waals surface area contributed by atoms with Gasteiger partial charge in [-0.05, 0) is 43.5 Å². The second-order valence-corrected chi connectivity index (χ2v) is 9.11. The number of carbonyl (C=O) groups is 4. The van der Waals surface area contributed by atoms with Gasteiger partial charge in [-0.1, -0.05) is 42.5 Å². The van der Waals surface area contributed by atoms with Crippen LogP contribution in [-0.2, 0) is 36.7 Å². The number of hydrogen-bond donors (Lipinski definition) is 3. The summed E-state index contributed by atoms with van der Waals surface area (Å²) in [5, 5.41) is 7.90. The molecule has 1 heterocycles. The van der Waals surface area contributed by atoms with Gasteiger partial charge in [0.1, 0.15) is 23.4 Å². The van der Waals surface area contributed by atoms with E-state index in [9.17, 15) is 19.2 Å². The Hall–Kier alpha value is -3.92. The molecule has 1 aliphatic rings. The van der Waals surface area contributed by atoms with Gasteiger partial charge in [0.15, 0.2) is 5.78 Å². The molecule has 10 heteroatoms. The summed E-state index contributed by atoms with van der Waals surface area (Å²) < 4.78 is 15.1. The molecule has 0 aromatic heterocycles. The normalized spacial score (nSPS) is 18.5. The molecule has 0 bridgehead atoms. The van der Waals surface area contributed by atoms with Crippen LogP contribution in [0.3, 0.4) is 0 Å². The van der Waals surface area contributed by atoms with E-state index in [0.29, 0.717) is 5.75 Å². The molecule has 198 valence electrons. The van der Waals surface area contributed by atoms with Crippen molar-refractivity contribution in [2.75, 3.05) is 20.8 Å². The molecule has 1 aliphatic heterocycles. The van der Waals surface area contributed by atoms with Crippen molar-refractivity contribution in [3.8, 4) is 5.75 Å². The molecule has 2 aromatic carbocycles. The van der Waals surface area contributed by atoms with Crippen LogP contribution in [0.15, 0.2) is 54.6 Å². The van der Waals surface area contributed by atoms with E-state index < -0.39 is 41.6 Å². The molecular weight excluding hydrogens is 478 g/mol. The Kier molecular flexibility index (Phi) is 9.24. The van der Waals surface area contributed by atoms with Crippen LogP contribution in [0, 0.1) is 0 Å². The van der Waals surface area contributed by atoms with Crippen molar-refractivity contribution in [3.63, 3.8) is 0 Å². The lowest BCUT2D eigenvalue weighted by Gasteiger charge is -2.25. The zero-order valence-electron chi connectivity index (χ0n) is 21.4. The summed E-state index contributed by atoms with van der Waals surface area (Å²) in [4.78, 5) is 51.1. The van der Waals surface area contributed by atoms with Gasteiger partial charge in [0.05, 0.1) is 26.9 Å². The van der Waals surface area contributed by atoms with Crippen molar-refractivity contribution in [2.24, 2.45) is 0 Å². The van der Waals surface area contributed by atoms with E-state index in [0.717, 1.165) is 11.1 Å². The van der Waals surface area contributed by atoms with E-state index in [-0.39, 0.29) is 25.2 Å². The molecule has 0 spiro atoms. The van der Waals surface area contributed by atoms with Crippen LogP contribution in [0.1, 0.15) is 25.0 Å². The molecule has 3 rings (SSSR count). The van der Waals surface area contributed by atoms with Crippen molar-refractivity contribution in [3.05, 3.63) is 65.7 Å². The summed E-state index contributed by atoms with van der Waals surface area (Å²) in [6.45, 7) is 3.45. The van der Waals surface area contributed by atoms with Gasteiger partial charge in [-0.15, -0.1) is 0 Å². The number of amides is 3. The summed E-state index contributed by atoms with van der Waals surface area (Å²) >= 11 is 0. The first-order valence-corrected chi connectivity index (χ1v) is 12.0. The van der Waals surface area contributed by atoms with Crippen LogP contribution >= 0.6 is 0 Å². The quantitative estimate of drug-likeness (QED) is 0.368. The van der Waals surface area contributed by atoms with Crippen LogP contribution < -0.4 is 20.7 Å². The van der Waals surface area contributed by atoms with E-state index in [1.54, 1.807) is 38.3 Å². The van der Waals surface area contributed by atoms with Crippen LogP contribution in [0.2, 0.25) is 0 Å². The maximum atomic E-state index is 13.5. The number of rotatable bonds is 12. The number of alkyl carbamates (subject to hydrolysis) is 1. The lowest BCUT2D eigenvalue weighted by Crippen LogP contribution is -2.57. The summed E-state index contributed by atoms with van der Waals surface area (Å²) in [7, 11) is 2.74. The number of ketones is 1. The van der Waals surface area contributed by atoms with Crippen molar-refractivity contribution >= 4 is 23.7 Å². The highest BCUT2D eigenvalue weighted by molar-refractivity contribution is 5.98. The molecule has 0 saturated carbocycles. The van der Waals surface area contributed by atoms with Crippen molar-refractivity contribution in [1.82, 2.24) is 16.0 Å². The maximum absolute atomic E-state index is 13.5. The van der Waals surface area contributed by atoms with Crippen LogP contribution in [0.4, 0.5) is 4.79 Å². The average molecular weight is 512 g/mol. The first-order valence-electron chi connectivity index (χ1n) is 12.0. The van der Waals surface area contributed by atoms with E-state index in [4.69, 9.17) is 9.47 Å². The molecule has 3 amide bonds. The number of hydrogen-bond acceptors (Lipinski definition) is 7. The first-order chi connectivity index (χ1) is 17.6. The van der Waals surface area contributed by atoms with Crippen molar-refractivity contribution < 1.29 is 33.4 Å². The van der Waals surface area contributed by atoms with Crippen LogP contribution in [-0.4, -0.2) is 68.2 Å². The number of ether oxygens (including phenoxy) is 3. The van der Waals surface area contributed by atoms with Gasteiger partial charge < -0.3 is 30.2 Å². The zero-order chi connectivity index (χ0) is 27.0. The van der Waals surface area contributed by atoms with Gasteiger partial charge in [-0.3, -0.25) is 14.4 Å². The third kappa shape index (κ3) is 7.78. The molecule has 4 atom stereocenters. The number of Topliss-reactive ketones (excluding diaryl/α,β-unsaturated/α-hetero) is 1. The standard InChI is InChI=1S/C27H33N3O7/c1-17(28-26(34)36-4)24(32)30-22(15-19-10-12-20(35-3)13-11-19)25(33)29-21(23(31)27(2)16-37-27)14-18-8-6-5-7-9-18/h5-13,17,21-22H,14-16H2,1-4H3,(H,28,34)(H,29,33)(H,30,32). The number of nitrogens with one attached hydrogen (secondary N) is 3. The molecule has 10 nitrogen and oxygen atoms in total. The van der Waals surface area contributed by atoms with E-state index in [1.807, 2.05) is 30.3 Å². The highest BCUT2D eigenvalue weighted by atomic mass is 16.6. The summed E-state index contributed by atoms with van der Waals surface area (Å²) in [6, 6.07) is 13.6. The zero-order valence-corrected chi connectivity index (χ0v) is 21.4. The Labute approximate surface area is 216 Å². The average Bonchev–Trinajstić information content (AvgIpc) is 3.66. The fraction of sp³-hybridized carbons (Fsp3) is 0.407. The Bertz CT molecular complexity index is 1100. The summed E-state index contributed by atoms with van der Waals surface area (Å²) in [6.07, 6.45) is -0.356. The molecule has 3 N–H and O–H groups in total. The topological polar surface area (TPSA) is 135 Å². The second kappa shape index (κ2) is 12.4. The van der Waals surface area contributed by atoms with Gasteiger partial charge >= 0.3 is 6.09 Å². The van der Waals surface area contributed by atoms with E-state index in [2.05, 4.69) is 20.7 Å². The van der Waals surface area contributed by atoms with Gasteiger partial charge in [-0.2, -0.15) is 0 Å². The Morgan fingerprint density at radius 3 is 2.00 bits per heavy atom. The minimum absolute atomic E-state index is 0.145. The maximum Gasteiger partial charge on any atom is 0.407 e. The Balaban J connectivity index is 1.80. The van der Waals surface area contributed by atoms with Crippen LogP contribution in [0.25, 0.3) is 0 Å². The van der Waals surface area contributed by atoms with Crippen LogP contribution in [0.5, 0.6) is 5.75 Å². The number of methoxy groups -OCH3 is 2. The fourth-order valence-electron chi connectivity index (χ4n) is 3.76. The predicted molar refractivity (Wildman–Crippen MR) is 135 cm³/mol. The van der Waals surface area contributed by atoms with Crippen molar-refractivity contribution in [2.45, 2.75) is 50.4 Å². The number of carbonyl (C=O) groups excluding carboxylic acids is 4. The SMILES string of the molecule is COC(=O)NC(C)C(=O)NC(Cc1ccc(OC)cc1)C(=O)NC(Cc1ccccc1)C(=O)C1(C)CO1. The highest BCUT2D eigenvalue weighted by Gasteiger charge is 2.50. The van der Waals surface area contributed by atoms with Gasteiger partial charge in [0.2, 0.25) is 11.8 Å². The van der Waals surface area contributed by atoms with Crippen molar-refractivity contribution in [1.29, 1.82) is 0 Å². The van der Waals surface area contributed by atoms with Gasteiger partial charge in [0, 0.05) is 6.42 Å². The highest BCUT2D eigenvalue weighted by Crippen LogP contribution is 2.29. The van der Waals surface area contributed by atoms with Gasteiger partial charge in [0.25, 0.3) is 0 Å². The molecule has 0 radical (unpaired) electrons. The Morgan fingerprint density at radius 1 is 0.865 bits per heavy atom. The third-order valence-electron chi connectivity index (χ3n) is 6.16. The number of benzene rings is 2. The molecule has 2 aromatic rings. The predicted octanol–water partition coefficient (Wildman–Crippen LogP) is 1.55. The molecular formula is C27H33N3O7. The second-order valence-electron chi connectivity index (χ2n) is 9.11. The molecule has 4 unspecified atom stereocenters. The molecule has 0 aliphatic carbocycles. The lowest BCUT2D eigenvalue weighted by molar-refractivity contribution is -0.133. The van der Waals surface area contributed by atoms with Gasteiger partial charge in [-0.25, -0.2) is 4.79 Å². The summed E-state index contributed by atoms with van der Waals surface area (Å²) in [5.41, 5.74) is 0.690. The molecule has 1 fully saturated rings. The minimum atomic E-state index is -1.03. The van der Waals surface area contributed by atoms with E-state index >= 15 is 0 Å². The fourth-order valence-corrected chi connectivity index (χ4v) is 3.76. The lowest BCUT2D eigenvalue weighted by atomic mass is 9.94. The number of epoxide rings is 1. The largest absolute Gasteiger partial charge is 0.497 e. The summed E-state index contributed by atoms with van der Waals surface area (Å²) in [5.74, 6) is -0.703.